The van der Waals surface area contributed by atoms with Gasteiger partial charge >= 0.3 is 6.03 Å². The van der Waals surface area contributed by atoms with E-state index in [-0.39, 0.29) is 6.03 Å². The van der Waals surface area contributed by atoms with Crippen LogP contribution in [0.15, 0.2) is 0 Å². The molecule has 0 aromatic carbocycles. The van der Waals surface area contributed by atoms with Gasteiger partial charge in [0.2, 0.25) is 0 Å². The van der Waals surface area contributed by atoms with Crippen molar-refractivity contribution in [1.29, 1.82) is 0 Å². The van der Waals surface area contributed by atoms with Crippen molar-refractivity contribution in [1.82, 2.24) is 15.5 Å². The predicted molar refractivity (Wildman–Crippen MR) is 65.7 cm³/mol. The summed E-state index contributed by atoms with van der Waals surface area (Å²) in [5, 5.41) is 5.49. The van der Waals surface area contributed by atoms with Gasteiger partial charge in [0.05, 0.1) is 13.2 Å². The average molecular weight is 231 g/mol. The van der Waals surface area contributed by atoms with Crippen LogP contribution >= 0.6 is 0 Å². The third-order valence-corrected chi connectivity index (χ3v) is 2.15. The average Bonchev–Trinajstić information content (AvgIpc) is 2.33. The number of hydrogen-bond donors (Lipinski definition) is 2. The second-order valence-corrected chi connectivity index (χ2v) is 3.24. The molecule has 0 aromatic heterocycles. The molecule has 2 N–H and O–H groups in total. The van der Waals surface area contributed by atoms with E-state index in [1.54, 1.807) is 0 Å². The van der Waals surface area contributed by atoms with E-state index in [1.807, 2.05) is 20.8 Å². The normalized spacial score (nSPS) is 15.9. The van der Waals surface area contributed by atoms with Gasteiger partial charge in [0.15, 0.2) is 0 Å². The molecule has 0 aromatic rings. The first kappa shape index (κ1) is 15.2. The molecule has 0 radical (unpaired) electrons. The summed E-state index contributed by atoms with van der Waals surface area (Å²) in [5.41, 5.74) is 0. The number of nitrogens with zero attached hydrogens (tertiary/aromatic N) is 1. The molecule has 0 spiro atoms. The molecule has 0 bridgehead atoms. The van der Waals surface area contributed by atoms with E-state index >= 15 is 0 Å². The van der Waals surface area contributed by atoms with Crippen LogP contribution in [-0.2, 0) is 4.74 Å². The number of morpholine rings is 1. The van der Waals surface area contributed by atoms with Crippen molar-refractivity contribution in [3.8, 4) is 0 Å². The highest BCUT2D eigenvalue weighted by molar-refractivity contribution is 5.73. The number of amides is 2. The Labute approximate surface area is 98.5 Å². The lowest BCUT2D eigenvalue weighted by atomic mass is 10.4. The van der Waals surface area contributed by atoms with Crippen molar-refractivity contribution in [2.45, 2.75) is 20.8 Å². The summed E-state index contributed by atoms with van der Waals surface area (Å²) in [4.78, 5) is 13.3. The van der Waals surface area contributed by atoms with Crippen LogP contribution < -0.4 is 10.6 Å². The van der Waals surface area contributed by atoms with E-state index < -0.39 is 0 Å². The Morgan fingerprint density at radius 1 is 1.25 bits per heavy atom. The number of ether oxygens (including phenoxy) is 1. The molecule has 0 atom stereocenters. The number of carbonyl (C=O) groups is 1. The molecule has 2 amide bonds. The van der Waals surface area contributed by atoms with Gasteiger partial charge in [-0.05, 0) is 6.92 Å². The highest BCUT2D eigenvalue weighted by Crippen LogP contribution is 1.94. The fourth-order valence-corrected chi connectivity index (χ4v) is 1.38. The molecule has 0 aliphatic carbocycles. The van der Waals surface area contributed by atoms with E-state index in [9.17, 15) is 4.79 Å². The van der Waals surface area contributed by atoms with Gasteiger partial charge in [-0.2, -0.15) is 0 Å². The Kier molecular flexibility index (Phi) is 10.2. The lowest BCUT2D eigenvalue weighted by Gasteiger charge is -2.26. The fraction of sp³-hybridized carbons (Fsp3) is 0.909. The zero-order chi connectivity index (χ0) is 12.2. The first-order chi connectivity index (χ1) is 7.83. The van der Waals surface area contributed by atoms with E-state index in [4.69, 9.17) is 4.74 Å². The molecule has 1 saturated heterocycles. The molecule has 5 nitrogen and oxygen atoms in total. The van der Waals surface area contributed by atoms with Crippen LogP contribution in [0.4, 0.5) is 4.79 Å². The predicted octanol–water partition coefficient (Wildman–Crippen LogP) is 0.664. The molecule has 1 heterocycles. The third-order valence-electron chi connectivity index (χ3n) is 2.15. The highest BCUT2D eigenvalue weighted by atomic mass is 16.5. The lowest BCUT2D eigenvalue weighted by Crippen LogP contribution is -2.43. The van der Waals surface area contributed by atoms with Crippen LogP contribution in [-0.4, -0.2) is 56.9 Å². The summed E-state index contributed by atoms with van der Waals surface area (Å²) in [6, 6.07) is -0.0826. The number of urea groups is 1. The number of nitrogens with one attached hydrogen (secondary N) is 2. The second kappa shape index (κ2) is 10.7. The van der Waals surface area contributed by atoms with Gasteiger partial charge in [0.25, 0.3) is 0 Å². The monoisotopic (exact) mass is 231 g/mol. The van der Waals surface area contributed by atoms with E-state index in [1.165, 1.54) is 0 Å². The Balaban J connectivity index is 0.00000106. The minimum Gasteiger partial charge on any atom is -0.379 e. The summed E-state index contributed by atoms with van der Waals surface area (Å²) >= 11 is 0. The standard InChI is InChI=1S/C9H19N3O2.C2H6/c1-2-10-9(13)11-3-4-12-5-7-14-8-6-12;1-2/h2-8H2,1H3,(H2,10,11,13);1-2H3. The van der Waals surface area contributed by atoms with Gasteiger partial charge in [-0.15, -0.1) is 0 Å². The number of carbonyl (C=O) groups excluding carboxylic acids is 1. The van der Waals surface area contributed by atoms with Crippen molar-refractivity contribution in [3.63, 3.8) is 0 Å². The van der Waals surface area contributed by atoms with Crippen molar-refractivity contribution in [2.24, 2.45) is 0 Å². The largest absolute Gasteiger partial charge is 0.379 e. The lowest BCUT2D eigenvalue weighted by molar-refractivity contribution is 0.0387. The molecule has 0 saturated carbocycles. The summed E-state index contributed by atoms with van der Waals surface area (Å²) < 4.78 is 5.22. The van der Waals surface area contributed by atoms with Gasteiger partial charge in [-0.1, -0.05) is 13.8 Å². The van der Waals surface area contributed by atoms with E-state index in [2.05, 4.69) is 15.5 Å². The Morgan fingerprint density at radius 2 is 1.88 bits per heavy atom. The molecular weight excluding hydrogens is 206 g/mol. The summed E-state index contributed by atoms with van der Waals surface area (Å²) in [6.45, 7) is 11.7. The van der Waals surface area contributed by atoms with Crippen molar-refractivity contribution in [3.05, 3.63) is 0 Å². The SMILES string of the molecule is CC.CCNC(=O)NCCN1CCOCC1. The quantitative estimate of drug-likeness (QED) is 0.747. The Bertz CT molecular complexity index is 171. The maximum absolute atomic E-state index is 11.0. The minimum atomic E-state index is -0.0826. The van der Waals surface area contributed by atoms with Gasteiger partial charge in [0.1, 0.15) is 0 Å². The van der Waals surface area contributed by atoms with Crippen LogP contribution in [0.3, 0.4) is 0 Å². The zero-order valence-corrected chi connectivity index (χ0v) is 10.7. The first-order valence-corrected chi connectivity index (χ1v) is 6.14. The third kappa shape index (κ3) is 7.48. The Hall–Kier alpha value is -0.810. The van der Waals surface area contributed by atoms with E-state index in [0.29, 0.717) is 13.1 Å². The molecule has 96 valence electrons. The van der Waals surface area contributed by atoms with Crippen molar-refractivity contribution in [2.75, 3.05) is 45.9 Å². The minimum absolute atomic E-state index is 0.0826. The highest BCUT2D eigenvalue weighted by Gasteiger charge is 2.09. The van der Waals surface area contributed by atoms with E-state index in [0.717, 1.165) is 32.8 Å². The molecule has 1 fully saturated rings. The molecule has 1 rings (SSSR count). The van der Waals surface area contributed by atoms with Crippen molar-refractivity contribution < 1.29 is 9.53 Å². The van der Waals surface area contributed by atoms with Gasteiger partial charge < -0.3 is 15.4 Å². The molecule has 1 aliphatic heterocycles. The molecule has 1 aliphatic rings. The first-order valence-electron chi connectivity index (χ1n) is 6.14. The summed E-state index contributed by atoms with van der Waals surface area (Å²) in [7, 11) is 0. The Morgan fingerprint density at radius 3 is 2.44 bits per heavy atom. The molecule has 16 heavy (non-hydrogen) atoms. The second-order valence-electron chi connectivity index (χ2n) is 3.24. The number of hydrogen-bond acceptors (Lipinski definition) is 3. The van der Waals surface area contributed by atoms with Crippen LogP contribution in [0.2, 0.25) is 0 Å². The van der Waals surface area contributed by atoms with Gasteiger partial charge in [-0.25, -0.2) is 4.79 Å². The van der Waals surface area contributed by atoms with Gasteiger partial charge in [-0.3, -0.25) is 4.90 Å². The van der Waals surface area contributed by atoms with Crippen LogP contribution in [0.1, 0.15) is 20.8 Å². The zero-order valence-electron chi connectivity index (χ0n) is 10.7. The molecular formula is C11H25N3O2. The molecule has 0 unspecified atom stereocenters. The summed E-state index contributed by atoms with van der Waals surface area (Å²) in [5.74, 6) is 0. The summed E-state index contributed by atoms with van der Waals surface area (Å²) in [6.07, 6.45) is 0. The van der Waals surface area contributed by atoms with Gasteiger partial charge in [0, 0.05) is 32.7 Å². The maximum Gasteiger partial charge on any atom is 0.314 e. The van der Waals surface area contributed by atoms with Crippen LogP contribution in [0.5, 0.6) is 0 Å². The smallest absolute Gasteiger partial charge is 0.314 e. The fourth-order valence-electron chi connectivity index (χ4n) is 1.38. The number of rotatable bonds is 4. The topological polar surface area (TPSA) is 53.6 Å². The van der Waals surface area contributed by atoms with Crippen LogP contribution in [0, 0.1) is 0 Å². The van der Waals surface area contributed by atoms with Crippen LogP contribution in [0.25, 0.3) is 0 Å². The molecule has 5 heteroatoms. The van der Waals surface area contributed by atoms with Crippen molar-refractivity contribution >= 4 is 6.03 Å². The maximum atomic E-state index is 11.0.